The molecule has 0 N–H and O–H groups in total. The Hall–Kier alpha value is -1.47. The van der Waals surface area contributed by atoms with E-state index in [2.05, 4.69) is 24.6 Å². The van der Waals surface area contributed by atoms with Crippen molar-refractivity contribution in [1.29, 1.82) is 0 Å². The molecule has 2 heterocycles. The Balaban J connectivity index is 1.94. The largest absolute Gasteiger partial charge is 0.467 e. The van der Waals surface area contributed by atoms with E-state index >= 15 is 0 Å². The summed E-state index contributed by atoms with van der Waals surface area (Å²) in [7, 11) is 1.36. The van der Waals surface area contributed by atoms with Crippen molar-refractivity contribution < 1.29 is 18.9 Å². The maximum atomic E-state index is 11.4. The second-order valence-corrected chi connectivity index (χ2v) is 3.91. The number of nitrogens with zero attached hydrogens (tertiary/aromatic N) is 3. The predicted molar refractivity (Wildman–Crippen MR) is 56.1 cm³/mol. The van der Waals surface area contributed by atoms with E-state index in [0.29, 0.717) is 19.7 Å². The van der Waals surface area contributed by atoms with Gasteiger partial charge < -0.3 is 9.47 Å². The van der Waals surface area contributed by atoms with E-state index in [1.165, 1.54) is 7.11 Å². The van der Waals surface area contributed by atoms with Crippen molar-refractivity contribution in [3.63, 3.8) is 0 Å². The quantitative estimate of drug-likeness (QED) is 0.675. The Morgan fingerprint density at radius 2 is 2.41 bits per heavy atom. The van der Waals surface area contributed by atoms with Gasteiger partial charge in [0.2, 0.25) is 0 Å². The third-order valence-corrected chi connectivity index (χ3v) is 2.73. The molecule has 1 aromatic rings. The molecule has 1 atom stereocenters. The number of morpholine rings is 1. The zero-order valence-electron chi connectivity index (χ0n) is 9.88. The molecule has 1 aromatic heterocycles. The molecule has 1 fully saturated rings. The highest BCUT2D eigenvalue weighted by molar-refractivity contribution is 5.74. The van der Waals surface area contributed by atoms with Gasteiger partial charge in [-0.15, -0.1) is 0 Å². The molecule has 0 saturated carbocycles. The number of carbonyl (C=O) groups excluding carboxylic acids is 1. The van der Waals surface area contributed by atoms with Gasteiger partial charge in [0, 0.05) is 19.6 Å². The summed E-state index contributed by atoms with van der Waals surface area (Å²) in [5.74, 6) is -0.343. The van der Waals surface area contributed by atoms with Crippen molar-refractivity contribution in [2.24, 2.45) is 0 Å². The molecule has 17 heavy (non-hydrogen) atoms. The summed E-state index contributed by atoms with van der Waals surface area (Å²) in [6, 6.07) is 0. The number of esters is 1. The number of aromatic nitrogens is 2. The Bertz CT molecular complexity index is 393. The van der Waals surface area contributed by atoms with E-state index in [-0.39, 0.29) is 5.97 Å². The molecule has 1 saturated heterocycles. The lowest BCUT2D eigenvalue weighted by atomic mass is 10.2. The molecule has 1 aliphatic rings. The molecule has 94 valence electrons. The van der Waals surface area contributed by atoms with Crippen LogP contribution in [0.3, 0.4) is 0 Å². The van der Waals surface area contributed by atoms with E-state index in [1.807, 2.05) is 6.92 Å². The third kappa shape index (κ3) is 2.80. The summed E-state index contributed by atoms with van der Waals surface area (Å²) >= 11 is 0. The molecule has 0 aliphatic carbocycles. The predicted octanol–water partition coefficient (Wildman–Crippen LogP) is -0.248. The van der Waals surface area contributed by atoms with Crippen LogP contribution in [0.25, 0.3) is 0 Å². The smallest absolute Gasteiger partial charge is 0.336 e. The van der Waals surface area contributed by atoms with Crippen LogP contribution in [0, 0.1) is 6.92 Å². The first kappa shape index (κ1) is 12.0. The van der Waals surface area contributed by atoms with Crippen molar-refractivity contribution in [2.75, 3.05) is 26.8 Å². The van der Waals surface area contributed by atoms with Gasteiger partial charge in [-0.1, -0.05) is 10.3 Å². The van der Waals surface area contributed by atoms with E-state index in [9.17, 15) is 4.79 Å². The number of methoxy groups -OCH3 is 1. The Morgan fingerprint density at radius 3 is 3.06 bits per heavy atom. The lowest BCUT2D eigenvalue weighted by Crippen LogP contribution is -2.46. The molecule has 0 aromatic carbocycles. The van der Waals surface area contributed by atoms with Gasteiger partial charge >= 0.3 is 5.97 Å². The highest BCUT2D eigenvalue weighted by Crippen LogP contribution is 2.11. The first-order valence-corrected chi connectivity index (χ1v) is 5.40. The number of ether oxygens (including phenoxy) is 2. The first-order chi connectivity index (χ1) is 8.20. The van der Waals surface area contributed by atoms with Crippen LogP contribution in [0.2, 0.25) is 0 Å². The van der Waals surface area contributed by atoms with Crippen LogP contribution in [-0.4, -0.2) is 54.1 Å². The molecule has 0 amide bonds. The molecule has 1 unspecified atom stereocenters. The van der Waals surface area contributed by atoms with Gasteiger partial charge in [0.1, 0.15) is 11.4 Å². The first-order valence-electron chi connectivity index (χ1n) is 5.40. The number of aryl methyl sites for hydroxylation is 1. The van der Waals surface area contributed by atoms with Crippen molar-refractivity contribution >= 4 is 5.97 Å². The van der Waals surface area contributed by atoms with Crippen LogP contribution in [-0.2, 0) is 20.8 Å². The van der Waals surface area contributed by atoms with Gasteiger partial charge in [-0.3, -0.25) is 4.90 Å². The Kier molecular flexibility index (Phi) is 3.70. The molecule has 0 bridgehead atoms. The molecule has 0 radical (unpaired) electrons. The molecular formula is C10H15N3O4. The topological polar surface area (TPSA) is 77.7 Å². The van der Waals surface area contributed by atoms with E-state index in [0.717, 1.165) is 17.9 Å². The van der Waals surface area contributed by atoms with Gasteiger partial charge in [-0.25, -0.2) is 9.42 Å². The fraction of sp³-hybridized carbons (Fsp3) is 0.700. The van der Waals surface area contributed by atoms with E-state index < -0.39 is 6.10 Å². The monoisotopic (exact) mass is 241 g/mol. The van der Waals surface area contributed by atoms with Gasteiger partial charge in [0.05, 0.1) is 13.7 Å². The van der Waals surface area contributed by atoms with Gasteiger partial charge in [-0.2, -0.15) is 0 Å². The van der Waals surface area contributed by atoms with Gasteiger partial charge in [0.15, 0.2) is 6.10 Å². The number of hydrogen-bond acceptors (Lipinski definition) is 7. The van der Waals surface area contributed by atoms with Crippen LogP contribution in [0.4, 0.5) is 0 Å². The van der Waals surface area contributed by atoms with Crippen LogP contribution in [0.1, 0.15) is 11.4 Å². The zero-order chi connectivity index (χ0) is 12.3. The minimum Gasteiger partial charge on any atom is -0.467 e. The fourth-order valence-corrected chi connectivity index (χ4v) is 1.72. The van der Waals surface area contributed by atoms with E-state index in [4.69, 9.17) is 4.74 Å². The maximum Gasteiger partial charge on any atom is 0.336 e. The van der Waals surface area contributed by atoms with E-state index in [1.54, 1.807) is 0 Å². The summed E-state index contributed by atoms with van der Waals surface area (Å²) in [5, 5.41) is 7.53. The average Bonchev–Trinajstić information content (AvgIpc) is 2.74. The summed E-state index contributed by atoms with van der Waals surface area (Å²) < 4.78 is 14.6. The standard InChI is InChI=1S/C10H15N3O4/c1-7-8(12-17-11-7)5-13-3-4-16-9(6-13)10(14)15-2/h9H,3-6H2,1-2H3. The van der Waals surface area contributed by atoms with Crippen LogP contribution in [0.15, 0.2) is 4.63 Å². The minimum absolute atomic E-state index is 0.343. The normalized spacial score (nSPS) is 21.4. The fourth-order valence-electron chi connectivity index (χ4n) is 1.72. The minimum atomic E-state index is -0.520. The lowest BCUT2D eigenvalue weighted by Gasteiger charge is -2.30. The SMILES string of the molecule is COC(=O)C1CN(Cc2nonc2C)CCO1. The van der Waals surface area contributed by atoms with Crippen molar-refractivity contribution in [1.82, 2.24) is 15.2 Å². The second kappa shape index (κ2) is 5.24. The summed E-state index contributed by atoms with van der Waals surface area (Å²) in [6.45, 7) is 4.19. The van der Waals surface area contributed by atoms with Crippen molar-refractivity contribution in [3.05, 3.63) is 11.4 Å². The number of rotatable bonds is 3. The van der Waals surface area contributed by atoms with Crippen LogP contribution >= 0.6 is 0 Å². The summed E-state index contributed by atoms with van der Waals surface area (Å²) in [6.07, 6.45) is -0.520. The third-order valence-electron chi connectivity index (χ3n) is 2.73. The van der Waals surface area contributed by atoms with Crippen molar-refractivity contribution in [2.45, 2.75) is 19.6 Å². The van der Waals surface area contributed by atoms with Crippen LogP contribution in [0.5, 0.6) is 0 Å². The molecule has 1 aliphatic heterocycles. The lowest BCUT2D eigenvalue weighted by molar-refractivity contribution is -0.160. The molecule has 7 nitrogen and oxygen atoms in total. The zero-order valence-corrected chi connectivity index (χ0v) is 9.88. The van der Waals surface area contributed by atoms with Gasteiger partial charge in [0.25, 0.3) is 0 Å². The molecule has 2 rings (SSSR count). The molecular weight excluding hydrogens is 226 g/mol. The highest BCUT2D eigenvalue weighted by atomic mass is 16.6. The number of carbonyl (C=O) groups is 1. The van der Waals surface area contributed by atoms with Crippen molar-refractivity contribution in [3.8, 4) is 0 Å². The Labute approximate surface area is 98.6 Å². The maximum absolute atomic E-state index is 11.4. The average molecular weight is 241 g/mol. The summed E-state index contributed by atoms with van der Waals surface area (Å²) in [4.78, 5) is 13.4. The second-order valence-electron chi connectivity index (χ2n) is 3.91. The molecule has 0 spiro atoms. The highest BCUT2D eigenvalue weighted by Gasteiger charge is 2.28. The van der Waals surface area contributed by atoms with Gasteiger partial charge in [-0.05, 0) is 6.92 Å². The summed E-state index contributed by atoms with van der Waals surface area (Å²) in [5.41, 5.74) is 1.56. The van der Waals surface area contributed by atoms with Crippen LogP contribution < -0.4 is 0 Å². The molecule has 7 heteroatoms. The Morgan fingerprint density at radius 1 is 1.59 bits per heavy atom. The number of hydrogen-bond donors (Lipinski definition) is 0.